The fourth-order valence-corrected chi connectivity index (χ4v) is 4.28. The van der Waals surface area contributed by atoms with Crippen molar-refractivity contribution in [2.24, 2.45) is 4.40 Å². The number of carbonyl (C=O) groups excluding carboxylic acids is 1. The van der Waals surface area contributed by atoms with Crippen molar-refractivity contribution in [3.05, 3.63) is 57.7 Å². The van der Waals surface area contributed by atoms with E-state index in [1.807, 2.05) is 24.3 Å². The minimum absolute atomic E-state index is 0.0976. The Kier molecular flexibility index (Phi) is 5.00. The quantitative estimate of drug-likeness (QED) is 0.703. The number of Topliss-reactive ketones (excluding diaryl/α,β-unsaturated/α-hetero) is 1. The Morgan fingerprint density at radius 2 is 1.79 bits per heavy atom. The Bertz CT molecular complexity index is 923. The number of nitrogens with zero attached hydrogens (tertiary/aromatic N) is 1. The Hall–Kier alpha value is -1.74. The molecule has 3 rings (SSSR count). The molecule has 0 saturated carbocycles. The van der Waals surface area contributed by atoms with Gasteiger partial charge in [-0.25, -0.2) is 0 Å². The van der Waals surface area contributed by atoms with Gasteiger partial charge in [-0.15, -0.1) is 4.40 Å². The van der Waals surface area contributed by atoms with E-state index in [-0.39, 0.29) is 22.9 Å². The molecule has 0 fully saturated rings. The maximum Gasteiger partial charge on any atom is 0.286 e. The molecular weight excluding hydrogens is 439 g/mol. The summed E-state index contributed by atoms with van der Waals surface area (Å²) in [5.74, 6) is -0.393. The average Bonchev–Trinajstić information content (AvgIpc) is 2.56. The van der Waals surface area contributed by atoms with Crippen LogP contribution in [-0.4, -0.2) is 20.0 Å². The second-order valence-electron chi connectivity index (χ2n) is 5.40. The number of ketones is 1. The van der Waals surface area contributed by atoms with Crippen molar-refractivity contribution >= 4 is 49.9 Å². The molecule has 0 bridgehead atoms. The molecular formula is C17H15IN2O3S. The molecule has 7 heteroatoms. The number of hydrogen-bond acceptors (Lipinski definition) is 4. The molecule has 1 aliphatic heterocycles. The van der Waals surface area contributed by atoms with Gasteiger partial charge in [0.15, 0.2) is 11.6 Å². The van der Waals surface area contributed by atoms with Gasteiger partial charge >= 0.3 is 0 Å². The third-order valence-electron chi connectivity index (χ3n) is 3.70. The van der Waals surface area contributed by atoms with Crippen LogP contribution in [0.1, 0.15) is 18.4 Å². The third kappa shape index (κ3) is 3.67. The summed E-state index contributed by atoms with van der Waals surface area (Å²) in [5.41, 5.74) is 1.58. The van der Waals surface area contributed by atoms with Crippen LogP contribution in [-0.2, 0) is 21.2 Å². The molecule has 0 aromatic heterocycles. The number of rotatable bonds is 5. The number of hydrogen-bond donors (Lipinski definition) is 1. The van der Waals surface area contributed by atoms with E-state index in [2.05, 4.69) is 32.3 Å². The van der Waals surface area contributed by atoms with Crippen LogP contribution in [0.25, 0.3) is 0 Å². The largest absolute Gasteiger partial charge is 0.335 e. The lowest BCUT2D eigenvalue weighted by Crippen LogP contribution is -2.28. The summed E-state index contributed by atoms with van der Waals surface area (Å²) < 4.78 is 29.1. The number of fused-ring (bicyclic) bond motifs is 1. The number of para-hydroxylation sites is 1. The molecule has 1 aliphatic rings. The summed E-state index contributed by atoms with van der Waals surface area (Å²) in [4.78, 5) is 12.4. The second-order valence-corrected chi connectivity index (χ2v) is 8.14. The van der Waals surface area contributed by atoms with Crippen LogP contribution in [0.2, 0.25) is 0 Å². The summed E-state index contributed by atoms with van der Waals surface area (Å²) in [7, 11) is -3.82. The van der Waals surface area contributed by atoms with Crippen molar-refractivity contribution in [2.45, 2.75) is 24.2 Å². The van der Waals surface area contributed by atoms with Gasteiger partial charge < -0.3 is 5.32 Å². The lowest BCUT2D eigenvalue weighted by molar-refractivity contribution is -0.113. The standard InChI is InChI=1S/C17H15IN2O3S/c18-13-8-2-1-6-12(13)7-5-10-15(21)17-19-14-9-3-4-11-16(14)24(22,23)20-17/h1-4,6,8-9,11H,5,7,10H2,(H,19,20). The molecule has 1 N–H and O–H groups in total. The van der Waals surface area contributed by atoms with Gasteiger partial charge in [-0.2, -0.15) is 8.42 Å². The first-order chi connectivity index (χ1) is 11.5. The number of benzene rings is 2. The summed E-state index contributed by atoms with van der Waals surface area (Å²) >= 11 is 2.27. The molecule has 0 atom stereocenters. The van der Waals surface area contributed by atoms with Gasteiger partial charge in [-0.3, -0.25) is 4.79 Å². The monoisotopic (exact) mass is 454 g/mol. The minimum Gasteiger partial charge on any atom is -0.335 e. The molecule has 0 saturated heterocycles. The van der Waals surface area contributed by atoms with Gasteiger partial charge in [0.25, 0.3) is 10.0 Å². The van der Waals surface area contributed by atoms with Gasteiger partial charge in [0.05, 0.1) is 5.69 Å². The van der Waals surface area contributed by atoms with Crippen LogP contribution in [0.5, 0.6) is 0 Å². The lowest BCUT2D eigenvalue weighted by Gasteiger charge is -2.17. The van der Waals surface area contributed by atoms with Crippen molar-refractivity contribution in [3.63, 3.8) is 0 Å². The van der Waals surface area contributed by atoms with Gasteiger partial charge in [0.1, 0.15) is 4.90 Å². The summed E-state index contributed by atoms with van der Waals surface area (Å²) in [6.07, 6.45) is 1.65. The number of sulfonamides is 1. The van der Waals surface area contributed by atoms with Gasteiger partial charge in [-0.1, -0.05) is 30.3 Å². The highest BCUT2D eigenvalue weighted by molar-refractivity contribution is 14.1. The van der Waals surface area contributed by atoms with Crippen LogP contribution in [0.15, 0.2) is 57.8 Å². The first-order valence-electron chi connectivity index (χ1n) is 7.45. The van der Waals surface area contributed by atoms with Gasteiger partial charge in [-0.05, 0) is 59.2 Å². The molecule has 5 nitrogen and oxygen atoms in total. The zero-order valence-corrected chi connectivity index (χ0v) is 15.7. The topological polar surface area (TPSA) is 75.6 Å². The SMILES string of the molecule is O=C(CCCc1ccccc1I)C1=NS(=O)(=O)c2ccccc2N1. The van der Waals surface area contributed by atoms with E-state index in [1.54, 1.807) is 18.2 Å². The number of anilines is 1. The Balaban J connectivity index is 1.68. The van der Waals surface area contributed by atoms with Gasteiger partial charge in [0, 0.05) is 9.99 Å². The zero-order chi connectivity index (χ0) is 17.2. The zero-order valence-electron chi connectivity index (χ0n) is 12.7. The number of carbonyl (C=O) groups is 1. The summed E-state index contributed by atoms with van der Waals surface area (Å²) in [6.45, 7) is 0. The lowest BCUT2D eigenvalue weighted by atomic mass is 10.1. The molecule has 0 radical (unpaired) electrons. The van der Waals surface area contributed by atoms with Crippen LogP contribution in [0, 0.1) is 3.57 Å². The van der Waals surface area contributed by atoms with Crippen LogP contribution in [0.3, 0.4) is 0 Å². The maximum atomic E-state index is 12.3. The number of amidine groups is 1. The fraction of sp³-hybridized carbons (Fsp3) is 0.176. The highest BCUT2D eigenvalue weighted by Gasteiger charge is 2.27. The molecule has 0 spiro atoms. The number of aryl methyl sites for hydroxylation is 1. The maximum absolute atomic E-state index is 12.3. The van der Waals surface area contributed by atoms with E-state index in [1.165, 1.54) is 11.6 Å². The van der Waals surface area contributed by atoms with Crippen LogP contribution in [0.4, 0.5) is 5.69 Å². The van der Waals surface area contributed by atoms with Crippen LogP contribution >= 0.6 is 22.6 Å². The summed E-state index contributed by atoms with van der Waals surface area (Å²) in [6, 6.07) is 14.4. The predicted molar refractivity (Wildman–Crippen MR) is 102 cm³/mol. The van der Waals surface area contributed by atoms with Crippen molar-refractivity contribution < 1.29 is 13.2 Å². The Morgan fingerprint density at radius 3 is 2.58 bits per heavy atom. The van der Waals surface area contributed by atoms with Crippen molar-refractivity contribution in [2.75, 3.05) is 5.32 Å². The smallest absolute Gasteiger partial charge is 0.286 e. The van der Waals surface area contributed by atoms with E-state index in [4.69, 9.17) is 0 Å². The Labute approximate surface area is 154 Å². The van der Waals surface area contributed by atoms with Crippen LogP contribution < -0.4 is 5.32 Å². The first-order valence-corrected chi connectivity index (χ1v) is 9.97. The molecule has 24 heavy (non-hydrogen) atoms. The molecule has 0 aliphatic carbocycles. The highest BCUT2D eigenvalue weighted by atomic mass is 127. The van der Waals surface area contributed by atoms with Crippen molar-refractivity contribution in [1.29, 1.82) is 0 Å². The fourth-order valence-electron chi connectivity index (χ4n) is 2.49. The van der Waals surface area contributed by atoms with Crippen molar-refractivity contribution in [3.8, 4) is 0 Å². The third-order valence-corrected chi connectivity index (χ3v) is 6.09. The summed E-state index contributed by atoms with van der Waals surface area (Å²) in [5, 5.41) is 2.83. The van der Waals surface area contributed by atoms with Gasteiger partial charge in [0.2, 0.25) is 0 Å². The van der Waals surface area contributed by atoms with E-state index in [0.717, 1.165) is 9.99 Å². The average molecular weight is 454 g/mol. The van der Waals surface area contributed by atoms with E-state index >= 15 is 0 Å². The highest BCUT2D eigenvalue weighted by Crippen LogP contribution is 2.27. The molecule has 0 unspecified atom stereocenters. The molecule has 2 aromatic rings. The van der Waals surface area contributed by atoms with E-state index in [0.29, 0.717) is 12.1 Å². The second kappa shape index (κ2) is 7.02. The first kappa shape index (κ1) is 17.1. The molecule has 1 heterocycles. The normalized spacial score (nSPS) is 15.1. The number of halogens is 1. The molecule has 124 valence electrons. The van der Waals surface area contributed by atoms with E-state index in [9.17, 15) is 13.2 Å². The van der Waals surface area contributed by atoms with E-state index < -0.39 is 10.0 Å². The number of nitrogens with one attached hydrogen (secondary N) is 1. The molecule has 0 amide bonds. The minimum atomic E-state index is -3.82. The Morgan fingerprint density at radius 1 is 1.08 bits per heavy atom. The molecule has 2 aromatic carbocycles. The van der Waals surface area contributed by atoms with Crippen molar-refractivity contribution in [1.82, 2.24) is 0 Å². The predicted octanol–water partition coefficient (Wildman–Crippen LogP) is 3.40.